The Kier molecular flexibility index (Phi) is 6.02. The first-order chi connectivity index (χ1) is 6.47. The molecule has 0 spiro atoms. The van der Waals surface area contributed by atoms with Gasteiger partial charge >= 0.3 is 11.9 Å². The van der Waals surface area contributed by atoms with Gasteiger partial charge in [-0.2, -0.15) is 0 Å². The molecule has 14 heavy (non-hydrogen) atoms. The maximum atomic E-state index is 10.9. The average Bonchev–Trinajstić information content (AvgIpc) is 2.13. The third kappa shape index (κ3) is 5.63. The Labute approximate surface area is 82.2 Å². The van der Waals surface area contributed by atoms with E-state index in [9.17, 15) is 9.59 Å². The Morgan fingerprint density at radius 3 is 2.43 bits per heavy atom. The first-order valence-corrected chi connectivity index (χ1v) is 4.41. The topological polar surface area (TPSA) is 116 Å². The van der Waals surface area contributed by atoms with Crippen LogP contribution in [0.5, 0.6) is 0 Å². The Morgan fingerprint density at radius 1 is 1.43 bits per heavy atom. The van der Waals surface area contributed by atoms with Crippen molar-refractivity contribution in [1.29, 1.82) is 0 Å². The Balaban J connectivity index is 3.77. The van der Waals surface area contributed by atoms with E-state index in [0.29, 0.717) is 0 Å². The van der Waals surface area contributed by atoms with Crippen molar-refractivity contribution in [2.75, 3.05) is 0 Å². The molecule has 0 rings (SSSR count). The molecule has 0 aromatic carbocycles. The Hall–Kier alpha value is -0.980. The predicted octanol–water partition coefficient (Wildman–Crippen LogP) is -1.15. The number of rotatable bonds is 5. The number of carbonyl (C=O) groups excluding carboxylic acids is 2. The van der Waals surface area contributed by atoms with Gasteiger partial charge in [-0.05, 0) is 12.8 Å². The van der Waals surface area contributed by atoms with Gasteiger partial charge in [-0.15, -0.1) is 0 Å². The molecule has 0 saturated carbocycles. The first-order valence-electron chi connectivity index (χ1n) is 4.41. The zero-order chi connectivity index (χ0) is 11.1. The van der Waals surface area contributed by atoms with Gasteiger partial charge in [0, 0.05) is 6.42 Å². The van der Waals surface area contributed by atoms with Crippen LogP contribution in [0.25, 0.3) is 0 Å². The molecular formula is C8H16N2O4. The van der Waals surface area contributed by atoms with E-state index in [1.54, 1.807) is 6.92 Å². The van der Waals surface area contributed by atoms with Crippen LogP contribution in [0.3, 0.4) is 0 Å². The number of carbonyl (C=O) groups is 2. The van der Waals surface area contributed by atoms with Crippen LogP contribution < -0.4 is 11.5 Å². The lowest BCUT2D eigenvalue weighted by atomic mass is 10.2. The zero-order valence-electron chi connectivity index (χ0n) is 8.10. The molecule has 6 heteroatoms. The van der Waals surface area contributed by atoms with Gasteiger partial charge in [-0.25, -0.2) is 4.79 Å². The van der Waals surface area contributed by atoms with Gasteiger partial charge in [0.25, 0.3) is 0 Å². The second kappa shape index (κ2) is 6.47. The lowest BCUT2D eigenvalue weighted by Gasteiger charge is -2.07. The highest BCUT2D eigenvalue weighted by Gasteiger charge is 2.18. The monoisotopic (exact) mass is 204 g/mol. The number of esters is 2. The van der Waals surface area contributed by atoms with Crippen molar-refractivity contribution in [2.24, 2.45) is 11.5 Å². The standard InChI is InChI=1S/C8H16N2O4/c1-2-5(11)8(13)14-7(12)4-3-6(9)10/h5-6,11H,2-4,9-10H2,1H3. The first kappa shape index (κ1) is 13.0. The lowest BCUT2D eigenvalue weighted by molar-refractivity contribution is -0.166. The summed E-state index contributed by atoms with van der Waals surface area (Å²) in [5.41, 5.74) is 10.4. The van der Waals surface area contributed by atoms with Crippen molar-refractivity contribution in [1.82, 2.24) is 0 Å². The van der Waals surface area contributed by atoms with Crippen molar-refractivity contribution < 1.29 is 19.4 Å². The van der Waals surface area contributed by atoms with Crippen molar-refractivity contribution in [3.05, 3.63) is 0 Å². The third-order valence-electron chi connectivity index (χ3n) is 1.55. The number of aliphatic hydroxyl groups excluding tert-OH is 1. The van der Waals surface area contributed by atoms with Crippen molar-refractivity contribution in [3.63, 3.8) is 0 Å². The largest absolute Gasteiger partial charge is 0.391 e. The van der Waals surface area contributed by atoms with Crippen molar-refractivity contribution in [2.45, 2.75) is 38.5 Å². The fraction of sp³-hybridized carbons (Fsp3) is 0.750. The van der Waals surface area contributed by atoms with Gasteiger partial charge in [-0.3, -0.25) is 4.79 Å². The summed E-state index contributed by atoms with van der Waals surface area (Å²) < 4.78 is 4.31. The second-order valence-electron chi connectivity index (χ2n) is 2.92. The average molecular weight is 204 g/mol. The maximum absolute atomic E-state index is 10.9. The molecule has 0 aliphatic rings. The van der Waals surface area contributed by atoms with E-state index in [-0.39, 0.29) is 19.3 Å². The van der Waals surface area contributed by atoms with Gasteiger partial charge in [0.2, 0.25) is 0 Å². The van der Waals surface area contributed by atoms with E-state index in [4.69, 9.17) is 16.6 Å². The highest BCUT2D eigenvalue weighted by Crippen LogP contribution is 1.98. The molecule has 0 amide bonds. The molecule has 5 N–H and O–H groups in total. The highest BCUT2D eigenvalue weighted by molar-refractivity contribution is 5.87. The van der Waals surface area contributed by atoms with Crippen LogP contribution in [0, 0.1) is 0 Å². The summed E-state index contributed by atoms with van der Waals surface area (Å²) in [6.45, 7) is 1.60. The quantitative estimate of drug-likeness (QED) is 0.296. The molecule has 1 unspecified atom stereocenters. The van der Waals surface area contributed by atoms with Crippen molar-refractivity contribution >= 4 is 11.9 Å². The molecule has 0 aliphatic carbocycles. The summed E-state index contributed by atoms with van der Waals surface area (Å²) in [6.07, 6.45) is -1.42. The minimum absolute atomic E-state index is 0.0279. The van der Waals surface area contributed by atoms with Crippen LogP contribution in [-0.4, -0.2) is 29.3 Å². The Morgan fingerprint density at radius 2 is 2.00 bits per heavy atom. The van der Waals surface area contributed by atoms with E-state index < -0.39 is 24.2 Å². The molecule has 0 aromatic heterocycles. The number of hydrogen-bond donors (Lipinski definition) is 3. The number of ether oxygens (including phenoxy) is 1. The summed E-state index contributed by atoms with van der Waals surface area (Å²) in [7, 11) is 0. The fourth-order valence-corrected chi connectivity index (χ4v) is 0.682. The molecule has 1 atom stereocenters. The minimum Gasteiger partial charge on any atom is -0.391 e. The van der Waals surface area contributed by atoms with Crippen molar-refractivity contribution in [3.8, 4) is 0 Å². The van der Waals surface area contributed by atoms with E-state index >= 15 is 0 Å². The summed E-state index contributed by atoms with van der Waals surface area (Å²) in [5, 5.41) is 8.98. The molecule has 6 nitrogen and oxygen atoms in total. The van der Waals surface area contributed by atoms with E-state index in [1.807, 2.05) is 0 Å². The summed E-state index contributed by atoms with van der Waals surface area (Å²) >= 11 is 0. The van der Waals surface area contributed by atoms with Crippen LogP contribution in [0.15, 0.2) is 0 Å². The van der Waals surface area contributed by atoms with Crippen LogP contribution >= 0.6 is 0 Å². The van der Waals surface area contributed by atoms with Crippen LogP contribution in [0.1, 0.15) is 26.2 Å². The summed E-state index contributed by atoms with van der Waals surface area (Å²) in [4.78, 5) is 21.8. The molecule has 0 heterocycles. The number of nitrogens with two attached hydrogens (primary N) is 2. The van der Waals surface area contributed by atoms with Crippen LogP contribution in [0.4, 0.5) is 0 Å². The number of aliphatic hydroxyl groups is 1. The molecular weight excluding hydrogens is 188 g/mol. The molecule has 0 fully saturated rings. The lowest BCUT2D eigenvalue weighted by Crippen LogP contribution is -2.32. The SMILES string of the molecule is CCC(O)C(=O)OC(=O)CCC(N)N. The van der Waals surface area contributed by atoms with E-state index in [0.717, 1.165) is 0 Å². The normalized spacial score (nSPS) is 12.6. The zero-order valence-corrected chi connectivity index (χ0v) is 8.10. The molecule has 0 aromatic rings. The van der Waals surface area contributed by atoms with Gasteiger partial charge in [-0.1, -0.05) is 6.92 Å². The summed E-state index contributed by atoms with van der Waals surface area (Å²) in [5.74, 6) is -1.65. The Bertz CT molecular complexity index is 206. The van der Waals surface area contributed by atoms with E-state index in [1.165, 1.54) is 0 Å². The molecule has 82 valence electrons. The van der Waals surface area contributed by atoms with Gasteiger partial charge in [0.15, 0.2) is 6.10 Å². The van der Waals surface area contributed by atoms with Crippen LogP contribution in [0.2, 0.25) is 0 Å². The minimum atomic E-state index is -1.24. The number of hydrogen-bond acceptors (Lipinski definition) is 6. The maximum Gasteiger partial charge on any atom is 0.342 e. The van der Waals surface area contributed by atoms with Crippen LogP contribution in [-0.2, 0) is 14.3 Å². The molecule has 0 saturated heterocycles. The molecule has 0 bridgehead atoms. The third-order valence-corrected chi connectivity index (χ3v) is 1.55. The van der Waals surface area contributed by atoms with Gasteiger partial charge in [0.05, 0.1) is 6.17 Å². The van der Waals surface area contributed by atoms with Gasteiger partial charge < -0.3 is 21.3 Å². The predicted molar refractivity (Wildman–Crippen MR) is 48.8 cm³/mol. The smallest absolute Gasteiger partial charge is 0.342 e. The van der Waals surface area contributed by atoms with E-state index in [2.05, 4.69) is 4.74 Å². The molecule has 0 aliphatic heterocycles. The second-order valence-corrected chi connectivity index (χ2v) is 2.92. The highest BCUT2D eigenvalue weighted by atomic mass is 16.6. The molecule has 0 radical (unpaired) electrons. The summed E-state index contributed by atoms with van der Waals surface area (Å²) in [6, 6.07) is 0. The fourth-order valence-electron chi connectivity index (χ4n) is 0.682. The van der Waals surface area contributed by atoms with Gasteiger partial charge in [0.1, 0.15) is 0 Å².